The van der Waals surface area contributed by atoms with Crippen LogP contribution in [0.3, 0.4) is 0 Å². The smallest absolute Gasteiger partial charge is 0.346 e. The van der Waals surface area contributed by atoms with Crippen molar-refractivity contribution in [2.24, 2.45) is 5.41 Å². The number of nitrogens with one attached hydrogen (secondary N) is 3. The summed E-state index contributed by atoms with van der Waals surface area (Å²) in [6, 6.07) is 4.82. The van der Waals surface area contributed by atoms with Crippen LogP contribution in [0.2, 0.25) is 0 Å². The predicted octanol–water partition coefficient (Wildman–Crippen LogP) is 0.258. The van der Waals surface area contributed by atoms with Crippen molar-refractivity contribution in [1.82, 2.24) is 26.0 Å². The molecule has 2 heterocycles. The average molecular weight is 660 g/mol. The van der Waals surface area contributed by atoms with Crippen LogP contribution >= 0.6 is 11.3 Å². The third-order valence-electron chi connectivity index (χ3n) is 6.99. The fraction of sp³-hybridized carbons (Fsp3) is 0.467. The first-order chi connectivity index (χ1) is 21.8. The van der Waals surface area contributed by atoms with E-state index in [0.717, 1.165) is 11.3 Å². The number of imide groups is 1. The topological polar surface area (TPSA) is 199 Å². The summed E-state index contributed by atoms with van der Waals surface area (Å²) in [6.07, 6.45) is 1.08. The third kappa shape index (κ3) is 9.24. The normalized spacial score (nSPS) is 15.1. The van der Waals surface area contributed by atoms with Crippen LogP contribution in [-0.2, 0) is 49.5 Å². The van der Waals surface area contributed by atoms with E-state index in [4.69, 9.17) is 14.3 Å². The van der Waals surface area contributed by atoms with Crippen LogP contribution in [0.15, 0.2) is 36.5 Å². The highest BCUT2D eigenvalue weighted by Crippen LogP contribution is 2.25. The van der Waals surface area contributed by atoms with Crippen molar-refractivity contribution in [3.8, 4) is 0 Å². The Bertz CT molecular complexity index is 1440. The highest BCUT2D eigenvalue weighted by atomic mass is 32.1. The number of ketones is 1. The molecule has 3 atom stereocenters. The highest BCUT2D eigenvalue weighted by molar-refractivity contribution is 7.13. The van der Waals surface area contributed by atoms with Gasteiger partial charge in [0.2, 0.25) is 11.8 Å². The first-order valence-electron chi connectivity index (χ1n) is 14.3. The van der Waals surface area contributed by atoms with Crippen LogP contribution in [0.5, 0.6) is 0 Å². The standard InChI is InChI=1S/C30H37N5O10S/c1-17-31-14-22(46-17)28(41)34-21(16-44-5)27(40)33-20(15-43-4)26(39)32-19(13-18-9-7-6-8-10-18)25(38)30(2,3)29(42)45-35-23(36)11-12-24(35)37/h6-10,14,19-21H,11-13,15-16H2,1-5H3,(H,32,39)(H,33,40)(H,34,41)/t19-,20-,21-/m0/s1. The van der Waals surface area contributed by atoms with Crippen molar-refractivity contribution in [2.75, 3.05) is 27.4 Å². The van der Waals surface area contributed by atoms with Crippen LogP contribution in [0.25, 0.3) is 0 Å². The first-order valence-corrected chi connectivity index (χ1v) is 15.1. The number of hydrogen-bond acceptors (Lipinski definition) is 12. The van der Waals surface area contributed by atoms with Gasteiger partial charge in [0.15, 0.2) is 5.78 Å². The quantitative estimate of drug-likeness (QED) is 0.165. The summed E-state index contributed by atoms with van der Waals surface area (Å²) in [4.78, 5) is 99.7. The second kappa shape index (κ2) is 16.1. The Balaban J connectivity index is 1.80. The molecule has 0 spiro atoms. The summed E-state index contributed by atoms with van der Waals surface area (Å²) in [5.74, 6) is -5.50. The molecule has 46 heavy (non-hydrogen) atoms. The number of ether oxygens (including phenoxy) is 2. The lowest BCUT2D eigenvalue weighted by Crippen LogP contribution is -2.59. The maximum Gasteiger partial charge on any atom is 0.346 e. The molecule has 15 nitrogen and oxygen atoms in total. The fourth-order valence-electron chi connectivity index (χ4n) is 4.39. The van der Waals surface area contributed by atoms with E-state index in [-0.39, 0.29) is 37.4 Å². The summed E-state index contributed by atoms with van der Waals surface area (Å²) in [5, 5.41) is 8.69. The van der Waals surface area contributed by atoms with E-state index in [1.165, 1.54) is 34.3 Å². The highest BCUT2D eigenvalue weighted by Gasteiger charge is 2.45. The lowest BCUT2D eigenvalue weighted by Gasteiger charge is -2.29. The Kier molecular flexibility index (Phi) is 12.6. The molecule has 1 aromatic heterocycles. The molecule has 3 rings (SSSR count). The number of carbonyl (C=O) groups is 7. The molecule has 1 aliphatic rings. The zero-order valence-electron chi connectivity index (χ0n) is 26.1. The van der Waals surface area contributed by atoms with Gasteiger partial charge in [0.25, 0.3) is 17.7 Å². The molecule has 5 amide bonds. The third-order valence-corrected chi connectivity index (χ3v) is 7.90. The number of nitrogens with zero attached hydrogens (tertiary/aromatic N) is 2. The molecular formula is C30H37N5O10S. The number of methoxy groups -OCH3 is 2. The van der Waals surface area contributed by atoms with E-state index >= 15 is 0 Å². The molecule has 1 aromatic carbocycles. The molecule has 2 aromatic rings. The maximum atomic E-state index is 13.8. The minimum Gasteiger partial charge on any atom is -0.382 e. The SMILES string of the molecule is COC[C@H](NC(=O)c1cnc(C)s1)C(=O)N[C@@H](COC)C(=O)N[C@@H](Cc1ccccc1)C(=O)C(C)(C)C(=O)ON1C(=O)CCC1=O. The van der Waals surface area contributed by atoms with Crippen molar-refractivity contribution in [1.29, 1.82) is 0 Å². The molecular weight excluding hydrogens is 622 g/mol. The fourth-order valence-corrected chi connectivity index (χ4v) is 5.07. The van der Waals surface area contributed by atoms with E-state index < -0.39 is 64.8 Å². The number of rotatable bonds is 16. The van der Waals surface area contributed by atoms with E-state index in [0.29, 0.717) is 15.6 Å². The number of amides is 5. The predicted molar refractivity (Wildman–Crippen MR) is 162 cm³/mol. The van der Waals surface area contributed by atoms with Crippen molar-refractivity contribution in [3.05, 3.63) is 52.0 Å². The lowest BCUT2D eigenvalue weighted by molar-refractivity contribution is -0.204. The molecule has 1 saturated heterocycles. The number of benzene rings is 1. The van der Waals surface area contributed by atoms with Gasteiger partial charge in [-0.3, -0.25) is 28.8 Å². The van der Waals surface area contributed by atoms with E-state index in [2.05, 4.69) is 20.9 Å². The van der Waals surface area contributed by atoms with Gasteiger partial charge in [-0.2, -0.15) is 0 Å². The molecule has 0 bridgehead atoms. The van der Waals surface area contributed by atoms with Crippen LogP contribution in [-0.4, -0.2) is 96.9 Å². The number of hydroxylamine groups is 2. The largest absolute Gasteiger partial charge is 0.382 e. The van der Waals surface area contributed by atoms with Crippen LogP contribution < -0.4 is 16.0 Å². The zero-order valence-corrected chi connectivity index (χ0v) is 26.9. The molecule has 1 fully saturated rings. The zero-order chi connectivity index (χ0) is 34.0. The van der Waals surface area contributed by atoms with Gasteiger partial charge in [-0.1, -0.05) is 30.3 Å². The molecule has 0 saturated carbocycles. The number of carbonyl (C=O) groups excluding carboxylic acids is 7. The Morgan fingerprint density at radius 3 is 1.96 bits per heavy atom. The average Bonchev–Trinajstić information content (AvgIpc) is 3.60. The molecule has 3 N–H and O–H groups in total. The van der Waals surface area contributed by atoms with E-state index in [1.807, 2.05) is 0 Å². The summed E-state index contributed by atoms with van der Waals surface area (Å²) < 4.78 is 10.2. The summed E-state index contributed by atoms with van der Waals surface area (Å²) in [7, 11) is 2.64. The Labute approximate surface area is 269 Å². The molecule has 0 radical (unpaired) electrons. The van der Waals surface area contributed by atoms with Crippen LogP contribution in [0.4, 0.5) is 0 Å². The number of aromatic nitrogens is 1. The summed E-state index contributed by atoms with van der Waals surface area (Å²) in [6.45, 7) is 3.71. The Morgan fingerprint density at radius 2 is 1.43 bits per heavy atom. The lowest BCUT2D eigenvalue weighted by atomic mass is 9.82. The second-order valence-corrected chi connectivity index (χ2v) is 12.2. The van der Waals surface area contributed by atoms with Gasteiger partial charge in [-0.15, -0.1) is 16.4 Å². The molecule has 0 aliphatic carbocycles. The Hall–Kier alpha value is -4.54. The molecule has 248 valence electrons. The molecule has 1 aliphatic heterocycles. The van der Waals surface area contributed by atoms with Gasteiger partial charge in [-0.25, -0.2) is 9.78 Å². The maximum absolute atomic E-state index is 13.8. The summed E-state index contributed by atoms with van der Waals surface area (Å²) in [5.41, 5.74) is -1.28. The van der Waals surface area contributed by atoms with Gasteiger partial charge >= 0.3 is 5.97 Å². The van der Waals surface area contributed by atoms with Crippen LogP contribution in [0.1, 0.15) is 46.9 Å². The van der Waals surface area contributed by atoms with E-state index in [1.54, 1.807) is 37.3 Å². The van der Waals surface area contributed by atoms with Crippen molar-refractivity contribution < 1.29 is 47.9 Å². The minimum absolute atomic E-state index is 0.0476. The van der Waals surface area contributed by atoms with Gasteiger partial charge in [0, 0.05) is 27.1 Å². The number of hydrogen-bond donors (Lipinski definition) is 3. The van der Waals surface area contributed by atoms with Crippen molar-refractivity contribution in [3.63, 3.8) is 0 Å². The van der Waals surface area contributed by atoms with E-state index in [9.17, 15) is 33.6 Å². The molecule has 16 heteroatoms. The monoisotopic (exact) mass is 659 g/mol. The minimum atomic E-state index is -1.92. The number of Topliss-reactive ketones (excluding diaryl/α,β-unsaturated/α-hetero) is 1. The van der Waals surface area contributed by atoms with Gasteiger partial charge in [-0.05, 0) is 32.8 Å². The van der Waals surface area contributed by atoms with Crippen molar-refractivity contribution >= 4 is 52.6 Å². The Morgan fingerprint density at radius 1 is 0.891 bits per heavy atom. The molecule has 0 unspecified atom stereocenters. The van der Waals surface area contributed by atoms with Crippen LogP contribution in [0, 0.1) is 12.3 Å². The summed E-state index contributed by atoms with van der Waals surface area (Å²) >= 11 is 1.14. The second-order valence-electron chi connectivity index (χ2n) is 10.9. The van der Waals surface area contributed by atoms with Gasteiger partial charge in [0.05, 0.1) is 30.5 Å². The first kappa shape index (κ1) is 35.9. The van der Waals surface area contributed by atoms with Crippen molar-refractivity contribution in [2.45, 2.75) is 58.2 Å². The van der Waals surface area contributed by atoms with Gasteiger partial charge < -0.3 is 30.3 Å². The van der Waals surface area contributed by atoms with Gasteiger partial charge in [0.1, 0.15) is 22.4 Å². The number of aryl methyl sites for hydroxylation is 1. The number of thiazole rings is 1.